The summed E-state index contributed by atoms with van der Waals surface area (Å²) in [6.07, 6.45) is 0. The van der Waals surface area contributed by atoms with Crippen LogP contribution in [0.4, 0.5) is 0 Å². The van der Waals surface area contributed by atoms with E-state index in [0.29, 0.717) is 6.54 Å². The lowest BCUT2D eigenvalue weighted by Gasteiger charge is -2.04. The van der Waals surface area contributed by atoms with Gasteiger partial charge in [-0.25, -0.2) is 4.79 Å². The van der Waals surface area contributed by atoms with Crippen LogP contribution in [0.3, 0.4) is 0 Å². The van der Waals surface area contributed by atoms with E-state index in [9.17, 15) is 4.79 Å². The van der Waals surface area contributed by atoms with Gasteiger partial charge < -0.3 is 5.73 Å². The number of aromatic nitrogens is 2. The maximum atomic E-state index is 11.7. The third kappa shape index (κ3) is 1.29. The highest BCUT2D eigenvalue weighted by Gasteiger charge is 2.09. The van der Waals surface area contributed by atoms with E-state index in [2.05, 4.69) is 0 Å². The maximum Gasteiger partial charge on any atom is 0.328 e. The van der Waals surface area contributed by atoms with E-state index in [-0.39, 0.29) is 5.69 Å². The van der Waals surface area contributed by atoms with Crippen LogP contribution in [0.2, 0.25) is 0 Å². The second-order valence-corrected chi connectivity index (χ2v) is 3.87. The topological polar surface area (TPSA) is 52.9 Å². The Hall–Kier alpha value is -1.55. The molecule has 0 unspecified atom stereocenters. The van der Waals surface area contributed by atoms with Crippen molar-refractivity contribution in [2.24, 2.45) is 19.8 Å². The van der Waals surface area contributed by atoms with Crippen LogP contribution in [-0.2, 0) is 20.6 Å². The monoisotopic (exact) mass is 205 g/mol. The Balaban J connectivity index is 2.94. The van der Waals surface area contributed by atoms with Gasteiger partial charge in [-0.3, -0.25) is 9.13 Å². The molecule has 0 bridgehead atoms. The quantitative estimate of drug-likeness (QED) is 0.743. The molecule has 2 N–H and O–H groups in total. The molecule has 4 heteroatoms. The molecular weight excluding hydrogens is 190 g/mol. The minimum absolute atomic E-state index is 0.00132. The molecule has 80 valence electrons. The summed E-state index contributed by atoms with van der Waals surface area (Å²) in [7, 11) is 3.56. The van der Waals surface area contributed by atoms with E-state index in [1.54, 1.807) is 23.2 Å². The molecule has 0 atom stereocenters. The van der Waals surface area contributed by atoms with Crippen LogP contribution in [0.5, 0.6) is 0 Å². The molecule has 1 aromatic heterocycles. The van der Waals surface area contributed by atoms with Gasteiger partial charge in [0.25, 0.3) is 0 Å². The summed E-state index contributed by atoms with van der Waals surface area (Å²) < 4.78 is 3.30. The van der Waals surface area contributed by atoms with Crippen LogP contribution in [0.15, 0.2) is 16.9 Å². The number of hydrogen-bond acceptors (Lipinski definition) is 2. The van der Waals surface area contributed by atoms with Gasteiger partial charge in [-0.1, -0.05) is 0 Å². The summed E-state index contributed by atoms with van der Waals surface area (Å²) in [5.41, 5.74) is 9.75. The molecule has 2 aromatic rings. The number of aryl methyl sites for hydroxylation is 3. The molecule has 15 heavy (non-hydrogen) atoms. The van der Waals surface area contributed by atoms with Gasteiger partial charge in [0.1, 0.15) is 0 Å². The average molecular weight is 205 g/mol. The highest BCUT2D eigenvalue weighted by atomic mass is 16.1. The zero-order chi connectivity index (χ0) is 11.2. The van der Waals surface area contributed by atoms with Crippen molar-refractivity contribution in [3.8, 4) is 0 Å². The van der Waals surface area contributed by atoms with Gasteiger partial charge in [0.05, 0.1) is 11.0 Å². The fourth-order valence-corrected chi connectivity index (χ4v) is 1.91. The molecule has 0 saturated heterocycles. The highest BCUT2D eigenvalue weighted by Crippen LogP contribution is 2.17. The number of imidazole rings is 1. The van der Waals surface area contributed by atoms with Crippen LogP contribution in [0.25, 0.3) is 11.0 Å². The minimum Gasteiger partial charge on any atom is -0.326 e. The Bertz CT molecular complexity index is 578. The van der Waals surface area contributed by atoms with Crippen LogP contribution >= 0.6 is 0 Å². The summed E-state index contributed by atoms with van der Waals surface area (Å²) in [6.45, 7) is 2.52. The van der Waals surface area contributed by atoms with Crippen molar-refractivity contribution in [3.05, 3.63) is 33.7 Å². The first-order chi connectivity index (χ1) is 7.06. The summed E-state index contributed by atoms with van der Waals surface area (Å²) in [5, 5.41) is 0. The first-order valence-electron chi connectivity index (χ1n) is 4.91. The molecule has 0 aliphatic rings. The Morgan fingerprint density at radius 2 is 1.73 bits per heavy atom. The van der Waals surface area contributed by atoms with E-state index in [1.165, 1.54) is 0 Å². The summed E-state index contributed by atoms with van der Waals surface area (Å²) in [5.74, 6) is 0. The molecular formula is C11H15N3O. The van der Waals surface area contributed by atoms with Gasteiger partial charge in [0.15, 0.2) is 0 Å². The van der Waals surface area contributed by atoms with Crippen molar-refractivity contribution in [2.75, 3.05) is 0 Å². The van der Waals surface area contributed by atoms with Crippen molar-refractivity contribution in [1.29, 1.82) is 0 Å². The highest BCUT2D eigenvalue weighted by molar-refractivity contribution is 5.78. The van der Waals surface area contributed by atoms with E-state index in [0.717, 1.165) is 22.2 Å². The number of nitrogens with zero attached hydrogens (tertiary/aromatic N) is 2. The number of rotatable bonds is 1. The second kappa shape index (κ2) is 3.24. The Labute approximate surface area is 87.9 Å². The standard InChI is InChI=1S/C11H15N3O/c1-7-4-9-10(5-8(7)6-12)14(3)11(15)13(9)2/h4-5H,6,12H2,1-3H3. The molecule has 0 saturated carbocycles. The average Bonchev–Trinajstić information content (AvgIpc) is 2.43. The molecule has 0 radical (unpaired) electrons. The van der Waals surface area contributed by atoms with Gasteiger partial charge in [0.2, 0.25) is 0 Å². The zero-order valence-electron chi connectivity index (χ0n) is 9.24. The minimum atomic E-state index is -0.00132. The first-order valence-corrected chi connectivity index (χ1v) is 4.91. The Kier molecular flexibility index (Phi) is 2.16. The lowest BCUT2D eigenvalue weighted by molar-refractivity contribution is 0.795. The summed E-state index contributed by atoms with van der Waals surface area (Å²) >= 11 is 0. The van der Waals surface area contributed by atoms with Gasteiger partial charge in [-0.15, -0.1) is 0 Å². The largest absolute Gasteiger partial charge is 0.328 e. The molecule has 4 nitrogen and oxygen atoms in total. The molecule has 2 rings (SSSR count). The first kappa shape index (κ1) is 9.98. The molecule has 0 fully saturated rings. The van der Waals surface area contributed by atoms with Crippen LogP contribution < -0.4 is 11.4 Å². The van der Waals surface area contributed by atoms with E-state index < -0.39 is 0 Å². The van der Waals surface area contributed by atoms with E-state index >= 15 is 0 Å². The Morgan fingerprint density at radius 3 is 2.27 bits per heavy atom. The van der Waals surface area contributed by atoms with Crippen molar-refractivity contribution in [3.63, 3.8) is 0 Å². The van der Waals surface area contributed by atoms with Crippen molar-refractivity contribution in [2.45, 2.75) is 13.5 Å². The van der Waals surface area contributed by atoms with Crippen molar-refractivity contribution in [1.82, 2.24) is 9.13 Å². The van der Waals surface area contributed by atoms with Crippen molar-refractivity contribution >= 4 is 11.0 Å². The van der Waals surface area contributed by atoms with Crippen LogP contribution in [-0.4, -0.2) is 9.13 Å². The van der Waals surface area contributed by atoms with Gasteiger partial charge in [0, 0.05) is 20.6 Å². The molecule has 1 aromatic carbocycles. The fraction of sp³-hybridized carbons (Fsp3) is 0.364. The molecule has 0 spiro atoms. The normalized spacial score (nSPS) is 11.2. The molecule has 0 aliphatic heterocycles. The maximum absolute atomic E-state index is 11.7. The van der Waals surface area contributed by atoms with Crippen molar-refractivity contribution < 1.29 is 0 Å². The van der Waals surface area contributed by atoms with Gasteiger partial charge in [-0.05, 0) is 30.2 Å². The molecule has 0 aliphatic carbocycles. The van der Waals surface area contributed by atoms with E-state index in [4.69, 9.17) is 5.73 Å². The third-order valence-electron chi connectivity index (χ3n) is 2.95. The second-order valence-electron chi connectivity index (χ2n) is 3.87. The molecule has 1 heterocycles. The predicted octanol–water partition coefficient (Wildman–Crippen LogP) is 0.644. The zero-order valence-corrected chi connectivity index (χ0v) is 9.24. The number of fused-ring (bicyclic) bond motifs is 1. The Morgan fingerprint density at radius 1 is 1.20 bits per heavy atom. The summed E-state index contributed by atoms with van der Waals surface area (Å²) in [6, 6.07) is 4.00. The fourth-order valence-electron chi connectivity index (χ4n) is 1.91. The predicted molar refractivity (Wildman–Crippen MR) is 60.8 cm³/mol. The SMILES string of the molecule is Cc1cc2c(cc1CN)n(C)c(=O)n2C. The lowest BCUT2D eigenvalue weighted by Crippen LogP contribution is -2.19. The van der Waals surface area contributed by atoms with E-state index in [1.807, 2.05) is 19.1 Å². The summed E-state index contributed by atoms with van der Waals surface area (Å²) in [4.78, 5) is 11.7. The molecule has 0 amide bonds. The van der Waals surface area contributed by atoms with Crippen LogP contribution in [0.1, 0.15) is 11.1 Å². The number of benzene rings is 1. The smallest absolute Gasteiger partial charge is 0.326 e. The number of hydrogen-bond donors (Lipinski definition) is 1. The number of nitrogens with two attached hydrogens (primary N) is 1. The van der Waals surface area contributed by atoms with Gasteiger partial charge >= 0.3 is 5.69 Å². The lowest BCUT2D eigenvalue weighted by atomic mass is 10.1. The van der Waals surface area contributed by atoms with Gasteiger partial charge in [-0.2, -0.15) is 0 Å². The third-order valence-corrected chi connectivity index (χ3v) is 2.95. The van der Waals surface area contributed by atoms with Crippen LogP contribution in [0, 0.1) is 6.92 Å².